The summed E-state index contributed by atoms with van der Waals surface area (Å²) in [6.45, 7) is 2.04. The Morgan fingerprint density at radius 1 is 0.724 bits per heavy atom. The predicted octanol–water partition coefficient (Wildman–Crippen LogP) is 7.51. The Bertz CT molecular complexity index is 1280. The van der Waals surface area contributed by atoms with E-state index >= 15 is 0 Å². The summed E-state index contributed by atoms with van der Waals surface area (Å²) < 4.78 is 14.9. The van der Waals surface area contributed by atoms with Gasteiger partial charge in [0.05, 0.1) is 14.2 Å². The summed E-state index contributed by atoms with van der Waals surface area (Å²) in [5, 5.41) is 15.0. The van der Waals surface area contributed by atoms with Crippen LogP contribution >= 0.6 is 67.8 Å². The zero-order valence-electron chi connectivity index (χ0n) is 15.9. The molecule has 0 aliphatic heterocycles. The highest BCUT2D eigenvalue weighted by molar-refractivity contribution is 14.1. The van der Waals surface area contributed by atoms with Gasteiger partial charge in [0.25, 0.3) is 0 Å². The van der Waals surface area contributed by atoms with Crippen molar-refractivity contribution in [3.05, 3.63) is 58.7 Å². The highest BCUT2D eigenvalue weighted by atomic mass is 127. The molecular formula is C23H17I3O3. The first-order valence-corrected chi connectivity index (χ1v) is 12.0. The third-order valence-electron chi connectivity index (χ3n) is 5.05. The number of benzene rings is 4. The maximum atomic E-state index is 11.0. The Kier molecular flexibility index (Phi) is 6.04. The van der Waals surface area contributed by atoms with Gasteiger partial charge >= 0.3 is 0 Å². The average Bonchev–Trinajstić information content (AvgIpc) is 2.68. The van der Waals surface area contributed by atoms with E-state index in [2.05, 4.69) is 92.0 Å². The summed E-state index contributed by atoms with van der Waals surface area (Å²) >= 11 is 6.91. The van der Waals surface area contributed by atoms with Gasteiger partial charge in [-0.1, -0.05) is 6.07 Å². The SMILES string of the molecule is COc1cc(I)c2cc(I)ccc2c1-c1c(OC)cc(C)c2cc(I)cc(O)c12. The van der Waals surface area contributed by atoms with Crippen LogP contribution in [0.3, 0.4) is 0 Å². The van der Waals surface area contributed by atoms with Crippen LogP contribution in [0.4, 0.5) is 0 Å². The van der Waals surface area contributed by atoms with Gasteiger partial charge in [0.15, 0.2) is 0 Å². The van der Waals surface area contributed by atoms with Crippen LogP contribution in [0.1, 0.15) is 5.56 Å². The molecule has 148 valence electrons. The summed E-state index contributed by atoms with van der Waals surface area (Å²) in [4.78, 5) is 0. The van der Waals surface area contributed by atoms with Crippen LogP contribution in [0.2, 0.25) is 0 Å². The van der Waals surface area contributed by atoms with Crippen molar-refractivity contribution in [1.82, 2.24) is 0 Å². The molecule has 29 heavy (non-hydrogen) atoms. The highest BCUT2D eigenvalue weighted by Crippen LogP contribution is 2.49. The third kappa shape index (κ3) is 3.65. The monoisotopic (exact) mass is 722 g/mol. The summed E-state index contributed by atoms with van der Waals surface area (Å²) in [5.41, 5.74) is 2.83. The van der Waals surface area contributed by atoms with Crippen molar-refractivity contribution >= 4 is 89.3 Å². The van der Waals surface area contributed by atoms with Crippen LogP contribution in [0.5, 0.6) is 17.2 Å². The van der Waals surface area contributed by atoms with Crippen LogP contribution in [0.25, 0.3) is 32.7 Å². The fourth-order valence-electron chi connectivity index (χ4n) is 3.79. The van der Waals surface area contributed by atoms with E-state index in [-0.39, 0.29) is 5.75 Å². The molecular weight excluding hydrogens is 705 g/mol. The Morgan fingerprint density at radius 3 is 2.07 bits per heavy atom. The summed E-state index contributed by atoms with van der Waals surface area (Å²) in [7, 11) is 3.34. The molecule has 0 aromatic heterocycles. The number of methoxy groups -OCH3 is 2. The van der Waals surface area contributed by atoms with E-state index in [9.17, 15) is 5.11 Å². The van der Waals surface area contributed by atoms with Gasteiger partial charge in [0, 0.05) is 27.2 Å². The molecule has 0 aliphatic carbocycles. The van der Waals surface area contributed by atoms with E-state index in [0.717, 1.165) is 51.1 Å². The molecule has 0 bridgehead atoms. The molecule has 4 aromatic rings. The van der Waals surface area contributed by atoms with Crippen LogP contribution in [-0.2, 0) is 0 Å². The van der Waals surface area contributed by atoms with Crippen LogP contribution in [0, 0.1) is 17.6 Å². The minimum absolute atomic E-state index is 0.239. The molecule has 6 heteroatoms. The molecule has 4 rings (SSSR count). The van der Waals surface area contributed by atoms with Gasteiger partial charge in [-0.3, -0.25) is 0 Å². The summed E-state index contributed by atoms with van der Waals surface area (Å²) in [5.74, 6) is 1.71. The van der Waals surface area contributed by atoms with Gasteiger partial charge in [-0.15, -0.1) is 0 Å². The molecule has 0 spiro atoms. The van der Waals surface area contributed by atoms with Gasteiger partial charge < -0.3 is 14.6 Å². The fourth-order valence-corrected chi connectivity index (χ4v) is 5.62. The van der Waals surface area contributed by atoms with Crippen LogP contribution < -0.4 is 9.47 Å². The first-order valence-electron chi connectivity index (χ1n) is 8.81. The fraction of sp³-hybridized carbons (Fsp3) is 0.130. The average molecular weight is 722 g/mol. The van der Waals surface area contributed by atoms with Crippen LogP contribution in [0.15, 0.2) is 42.5 Å². The van der Waals surface area contributed by atoms with Crippen molar-refractivity contribution in [3.63, 3.8) is 0 Å². The standard InChI is InChI=1S/C23H17I3O3/c1-11-6-19(28-2)23(21-15(11)8-13(25)9-18(21)27)22-14-5-4-12(24)7-16(14)17(26)10-20(22)29-3/h4-10,27H,1-3H3. The number of hydrogen-bond donors (Lipinski definition) is 1. The molecule has 0 unspecified atom stereocenters. The number of aromatic hydroxyl groups is 1. The van der Waals surface area contributed by atoms with E-state index in [1.807, 2.05) is 19.1 Å². The Morgan fingerprint density at radius 2 is 1.38 bits per heavy atom. The van der Waals surface area contributed by atoms with E-state index < -0.39 is 0 Å². The van der Waals surface area contributed by atoms with E-state index in [4.69, 9.17) is 9.47 Å². The van der Waals surface area contributed by atoms with Gasteiger partial charge in [0.2, 0.25) is 0 Å². The van der Waals surface area contributed by atoms with Crippen molar-refractivity contribution in [3.8, 4) is 28.4 Å². The number of aryl methyl sites for hydroxylation is 1. The molecule has 4 aromatic carbocycles. The Labute approximate surface area is 210 Å². The summed E-state index contributed by atoms with van der Waals surface area (Å²) in [6, 6.07) is 14.3. The second kappa shape index (κ2) is 8.26. The molecule has 0 atom stereocenters. The van der Waals surface area contributed by atoms with E-state index in [0.29, 0.717) is 5.75 Å². The molecule has 0 amide bonds. The lowest BCUT2D eigenvalue weighted by Crippen LogP contribution is -1.98. The van der Waals surface area contributed by atoms with Crippen molar-refractivity contribution in [2.45, 2.75) is 6.92 Å². The lowest BCUT2D eigenvalue weighted by Gasteiger charge is -2.20. The van der Waals surface area contributed by atoms with Crippen molar-refractivity contribution in [2.24, 2.45) is 0 Å². The molecule has 0 aliphatic rings. The second-order valence-corrected chi connectivity index (χ2v) is 10.4. The summed E-state index contributed by atoms with van der Waals surface area (Å²) in [6.07, 6.45) is 0. The van der Waals surface area contributed by atoms with Crippen molar-refractivity contribution in [1.29, 1.82) is 0 Å². The van der Waals surface area contributed by atoms with Crippen molar-refractivity contribution in [2.75, 3.05) is 14.2 Å². The normalized spacial score (nSPS) is 11.2. The second-order valence-electron chi connectivity index (χ2n) is 6.74. The Balaban J connectivity index is 2.28. The molecule has 0 heterocycles. The van der Waals surface area contributed by atoms with E-state index in [1.165, 1.54) is 3.57 Å². The molecule has 0 saturated heterocycles. The lowest BCUT2D eigenvalue weighted by atomic mass is 9.90. The zero-order valence-corrected chi connectivity index (χ0v) is 22.4. The van der Waals surface area contributed by atoms with Crippen LogP contribution in [-0.4, -0.2) is 19.3 Å². The zero-order chi connectivity index (χ0) is 20.9. The number of halogens is 3. The molecule has 0 saturated carbocycles. The number of rotatable bonds is 3. The Hall–Kier alpha value is -1.01. The number of phenols is 1. The van der Waals surface area contributed by atoms with Gasteiger partial charge in [-0.05, 0) is 133 Å². The van der Waals surface area contributed by atoms with Gasteiger partial charge in [-0.2, -0.15) is 0 Å². The number of phenolic OH excluding ortho intramolecular Hbond substituents is 1. The number of hydrogen-bond acceptors (Lipinski definition) is 3. The van der Waals surface area contributed by atoms with Gasteiger partial charge in [-0.25, -0.2) is 0 Å². The minimum atomic E-state index is 0.239. The van der Waals surface area contributed by atoms with Gasteiger partial charge in [0.1, 0.15) is 17.2 Å². The maximum absolute atomic E-state index is 11.0. The third-order valence-corrected chi connectivity index (χ3v) is 7.24. The lowest BCUT2D eigenvalue weighted by molar-refractivity contribution is 0.410. The predicted molar refractivity (Wildman–Crippen MR) is 145 cm³/mol. The minimum Gasteiger partial charge on any atom is -0.507 e. The maximum Gasteiger partial charge on any atom is 0.128 e. The number of fused-ring (bicyclic) bond motifs is 2. The molecule has 0 radical (unpaired) electrons. The first kappa shape index (κ1) is 21.2. The smallest absolute Gasteiger partial charge is 0.128 e. The quantitative estimate of drug-likeness (QED) is 0.223. The van der Waals surface area contributed by atoms with Crippen molar-refractivity contribution < 1.29 is 14.6 Å². The highest BCUT2D eigenvalue weighted by Gasteiger charge is 2.23. The largest absolute Gasteiger partial charge is 0.507 e. The topological polar surface area (TPSA) is 38.7 Å². The molecule has 3 nitrogen and oxygen atoms in total. The first-order chi connectivity index (χ1) is 13.8. The molecule has 0 fully saturated rings. The van der Waals surface area contributed by atoms with E-state index in [1.54, 1.807) is 20.3 Å². The number of ether oxygens (including phenoxy) is 2. The molecule has 1 N–H and O–H groups in total.